The molecule has 2 aromatic rings. The van der Waals surface area contributed by atoms with Crippen LogP contribution in [0.4, 0.5) is 0 Å². The normalized spacial score (nSPS) is 9.12. The second-order valence-electron chi connectivity index (χ2n) is 4.57. The summed E-state index contributed by atoms with van der Waals surface area (Å²) in [5.74, 6) is -1.23. The average molecular weight is 353 g/mol. The Labute approximate surface area is 147 Å². The number of methoxy groups -OCH3 is 1. The Kier molecular flexibility index (Phi) is 9.98. The van der Waals surface area contributed by atoms with Gasteiger partial charge in [0.25, 0.3) is 0 Å². The van der Waals surface area contributed by atoms with E-state index in [2.05, 4.69) is 14.7 Å². The molecule has 0 aliphatic rings. The number of pyridine rings is 2. The van der Waals surface area contributed by atoms with Crippen molar-refractivity contribution in [3.63, 3.8) is 0 Å². The minimum absolute atomic E-state index is 0. The monoisotopic (exact) mass is 352 g/mol. The summed E-state index contributed by atoms with van der Waals surface area (Å²) in [5, 5.41) is 8.66. The van der Waals surface area contributed by atoms with Gasteiger partial charge in [-0.2, -0.15) is 0 Å². The Balaban J connectivity index is 0.000000425. The summed E-state index contributed by atoms with van der Waals surface area (Å²) >= 11 is 0. The third kappa shape index (κ3) is 5.96. The predicted molar refractivity (Wildman–Crippen MR) is 92.8 cm³/mol. The number of aromatic nitrogens is 2. The molecule has 0 amide bonds. The van der Waals surface area contributed by atoms with Gasteiger partial charge in [0.05, 0.1) is 18.2 Å². The number of carboxylic acid groups (broad SMARTS) is 1. The highest BCUT2D eigenvalue weighted by atomic mass is 35.5. The molecule has 6 nitrogen and oxygen atoms in total. The molecule has 0 atom stereocenters. The van der Waals surface area contributed by atoms with Crippen molar-refractivity contribution < 1.29 is 19.4 Å². The lowest BCUT2D eigenvalue weighted by molar-refractivity contribution is 0.0598. The lowest BCUT2D eigenvalue weighted by atomic mass is 10.1. The summed E-state index contributed by atoms with van der Waals surface area (Å²) in [4.78, 5) is 29.3. The highest BCUT2D eigenvalue weighted by Gasteiger charge is 2.09. The number of rotatable bonds is 4. The van der Waals surface area contributed by atoms with Crippen molar-refractivity contribution in [2.75, 3.05) is 7.11 Å². The van der Waals surface area contributed by atoms with E-state index < -0.39 is 5.97 Å². The van der Waals surface area contributed by atoms with Gasteiger partial charge in [0.2, 0.25) is 0 Å². The number of esters is 1. The molecule has 7 heteroatoms. The molecular formula is C17H21ClN2O4. The molecule has 130 valence electrons. The fraction of sp³-hybridized carbons (Fsp3) is 0.294. The van der Waals surface area contributed by atoms with Gasteiger partial charge in [0.15, 0.2) is 0 Å². The Morgan fingerprint density at radius 2 is 1.46 bits per heavy atom. The van der Waals surface area contributed by atoms with Crippen molar-refractivity contribution in [3.05, 3.63) is 59.2 Å². The zero-order valence-corrected chi connectivity index (χ0v) is 14.7. The van der Waals surface area contributed by atoms with Crippen LogP contribution in [0.2, 0.25) is 0 Å². The molecular weight excluding hydrogens is 332 g/mol. The van der Waals surface area contributed by atoms with E-state index in [0.717, 1.165) is 24.0 Å². The molecule has 0 spiro atoms. The summed E-state index contributed by atoms with van der Waals surface area (Å²) in [7, 11) is 1.37. The molecule has 2 rings (SSSR count). The molecule has 0 fully saturated rings. The molecule has 0 radical (unpaired) electrons. The number of carbonyl (C=O) groups is 2. The fourth-order valence-corrected chi connectivity index (χ4v) is 1.95. The van der Waals surface area contributed by atoms with Gasteiger partial charge >= 0.3 is 11.9 Å². The van der Waals surface area contributed by atoms with Crippen LogP contribution in [-0.4, -0.2) is 34.1 Å². The van der Waals surface area contributed by atoms with E-state index in [9.17, 15) is 9.59 Å². The maximum atomic E-state index is 11.1. The number of nitrogens with zero attached hydrogens (tertiary/aromatic N) is 2. The predicted octanol–water partition coefficient (Wildman–Crippen LogP) is 3.19. The summed E-state index contributed by atoms with van der Waals surface area (Å²) in [6.45, 7) is 3.91. The van der Waals surface area contributed by atoms with E-state index in [1.807, 2.05) is 19.9 Å². The molecule has 24 heavy (non-hydrogen) atoms. The zero-order valence-electron chi connectivity index (χ0n) is 13.9. The second kappa shape index (κ2) is 11.1. The van der Waals surface area contributed by atoms with E-state index in [1.165, 1.54) is 19.5 Å². The highest BCUT2D eigenvalue weighted by molar-refractivity contribution is 5.90. The van der Waals surface area contributed by atoms with Crippen LogP contribution in [0.25, 0.3) is 0 Å². The molecule has 0 saturated carbocycles. The quantitative estimate of drug-likeness (QED) is 0.850. The number of carboxylic acids is 1. The van der Waals surface area contributed by atoms with Crippen LogP contribution in [0.1, 0.15) is 45.7 Å². The first kappa shape index (κ1) is 21.5. The Morgan fingerprint density at radius 3 is 1.83 bits per heavy atom. The summed E-state index contributed by atoms with van der Waals surface area (Å²) in [6.07, 6.45) is 7.72. The number of hydrogen-bond acceptors (Lipinski definition) is 5. The van der Waals surface area contributed by atoms with Crippen molar-refractivity contribution >= 4 is 24.3 Å². The lowest BCUT2D eigenvalue weighted by Crippen LogP contribution is -2.05. The third-order valence-corrected chi connectivity index (χ3v) is 3.22. The van der Waals surface area contributed by atoms with Crippen LogP contribution in [0, 0.1) is 0 Å². The van der Waals surface area contributed by atoms with Gasteiger partial charge in [0, 0.05) is 24.8 Å². The Morgan fingerprint density at radius 1 is 1.00 bits per heavy atom. The molecule has 0 saturated heterocycles. The van der Waals surface area contributed by atoms with Gasteiger partial charge in [0.1, 0.15) is 0 Å². The van der Waals surface area contributed by atoms with Crippen molar-refractivity contribution in [2.45, 2.75) is 26.7 Å². The van der Waals surface area contributed by atoms with Gasteiger partial charge < -0.3 is 9.84 Å². The SMILES string of the molecule is CCc1ccncc1C(=O)O.CCc1ccncc1C(=O)OC.Cl. The fourth-order valence-electron chi connectivity index (χ4n) is 1.95. The largest absolute Gasteiger partial charge is 0.478 e. The lowest BCUT2D eigenvalue weighted by Gasteiger charge is -2.03. The highest BCUT2D eigenvalue weighted by Crippen LogP contribution is 2.08. The minimum atomic E-state index is -0.907. The number of ether oxygens (including phenoxy) is 1. The van der Waals surface area contributed by atoms with E-state index in [4.69, 9.17) is 5.11 Å². The van der Waals surface area contributed by atoms with Gasteiger partial charge in [-0.3, -0.25) is 9.97 Å². The van der Waals surface area contributed by atoms with Crippen LogP contribution >= 0.6 is 12.4 Å². The van der Waals surface area contributed by atoms with Gasteiger partial charge in [-0.1, -0.05) is 13.8 Å². The van der Waals surface area contributed by atoms with Crippen molar-refractivity contribution in [1.29, 1.82) is 0 Å². The van der Waals surface area contributed by atoms with E-state index >= 15 is 0 Å². The van der Waals surface area contributed by atoms with E-state index in [0.29, 0.717) is 11.1 Å². The molecule has 2 heterocycles. The van der Waals surface area contributed by atoms with Crippen molar-refractivity contribution in [1.82, 2.24) is 9.97 Å². The van der Waals surface area contributed by atoms with Gasteiger partial charge in [-0.25, -0.2) is 9.59 Å². The number of carbonyl (C=O) groups excluding carboxylic acids is 1. The summed E-state index contributed by atoms with van der Waals surface area (Å²) < 4.78 is 4.60. The average Bonchev–Trinajstić information content (AvgIpc) is 2.61. The molecule has 0 aromatic carbocycles. The number of halogens is 1. The number of hydrogen-bond donors (Lipinski definition) is 1. The van der Waals surface area contributed by atoms with E-state index in [-0.39, 0.29) is 18.4 Å². The van der Waals surface area contributed by atoms with Crippen molar-refractivity contribution in [2.24, 2.45) is 0 Å². The van der Waals surface area contributed by atoms with Crippen LogP contribution in [-0.2, 0) is 17.6 Å². The Hall–Kier alpha value is -2.47. The molecule has 0 bridgehead atoms. The second-order valence-corrected chi connectivity index (χ2v) is 4.57. The zero-order chi connectivity index (χ0) is 17.2. The van der Waals surface area contributed by atoms with Gasteiger partial charge in [-0.05, 0) is 36.1 Å². The molecule has 1 N–H and O–H groups in total. The first-order valence-corrected chi connectivity index (χ1v) is 7.22. The third-order valence-electron chi connectivity index (χ3n) is 3.22. The smallest absolute Gasteiger partial charge is 0.339 e. The maximum Gasteiger partial charge on any atom is 0.339 e. The Bertz CT molecular complexity index is 677. The first-order chi connectivity index (χ1) is 11.0. The maximum absolute atomic E-state index is 11.1. The standard InChI is InChI=1S/C9H11NO2.C8H9NO2.ClH/c1-3-7-4-5-10-6-8(7)9(11)12-2;1-2-6-3-4-9-5-7(6)8(10)11;/h4-6H,3H2,1-2H3;3-5H,2H2,1H3,(H,10,11);1H. The molecule has 0 aliphatic heterocycles. The molecule has 0 aliphatic carbocycles. The van der Waals surface area contributed by atoms with Crippen LogP contribution in [0.3, 0.4) is 0 Å². The molecule has 2 aromatic heterocycles. The van der Waals surface area contributed by atoms with E-state index in [1.54, 1.807) is 18.5 Å². The summed E-state index contributed by atoms with van der Waals surface area (Å²) in [5.41, 5.74) is 2.65. The topological polar surface area (TPSA) is 89.4 Å². The first-order valence-electron chi connectivity index (χ1n) is 7.22. The number of aromatic carboxylic acids is 1. The van der Waals surface area contributed by atoms with Crippen molar-refractivity contribution in [3.8, 4) is 0 Å². The van der Waals surface area contributed by atoms with Crippen LogP contribution < -0.4 is 0 Å². The minimum Gasteiger partial charge on any atom is -0.478 e. The van der Waals surface area contributed by atoms with Gasteiger partial charge in [-0.15, -0.1) is 12.4 Å². The van der Waals surface area contributed by atoms with Crippen LogP contribution in [0.15, 0.2) is 36.9 Å². The van der Waals surface area contributed by atoms with Crippen LogP contribution in [0.5, 0.6) is 0 Å². The number of aryl methyl sites for hydroxylation is 2. The molecule has 0 unspecified atom stereocenters. The summed E-state index contributed by atoms with van der Waals surface area (Å²) in [6, 6.07) is 3.55.